The summed E-state index contributed by atoms with van der Waals surface area (Å²) in [7, 11) is 1.73. The molecule has 0 aliphatic heterocycles. The predicted octanol–water partition coefficient (Wildman–Crippen LogP) is 0.517. The Balaban J connectivity index is 2.82. The van der Waals surface area contributed by atoms with E-state index in [1.807, 2.05) is 6.92 Å². The molecule has 1 amide bonds. The van der Waals surface area contributed by atoms with Crippen molar-refractivity contribution in [3.8, 4) is 11.8 Å². The van der Waals surface area contributed by atoms with Gasteiger partial charge in [-0.25, -0.2) is 4.98 Å². The van der Waals surface area contributed by atoms with Gasteiger partial charge in [-0.3, -0.25) is 4.79 Å². The standard InChI is InChI=1S/C12H14N2O2/c1-3-14(2)12(16)11-7-6-10(9-13-11)5-4-8-15/h6-7,9,15H,3,8H2,1-2H3. The number of carbonyl (C=O) groups is 1. The Morgan fingerprint density at radius 1 is 1.56 bits per heavy atom. The lowest BCUT2D eigenvalue weighted by Gasteiger charge is -2.13. The lowest BCUT2D eigenvalue weighted by Crippen LogP contribution is -2.26. The number of pyridine rings is 1. The van der Waals surface area contributed by atoms with E-state index in [0.29, 0.717) is 17.8 Å². The average Bonchev–Trinajstić information content (AvgIpc) is 2.35. The van der Waals surface area contributed by atoms with Crippen molar-refractivity contribution in [1.29, 1.82) is 0 Å². The molecule has 0 unspecified atom stereocenters. The van der Waals surface area contributed by atoms with E-state index in [1.165, 1.54) is 6.20 Å². The van der Waals surface area contributed by atoms with Gasteiger partial charge < -0.3 is 10.0 Å². The van der Waals surface area contributed by atoms with E-state index in [9.17, 15) is 4.79 Å². The number of hydrogen-bond donors (Lipinski definition) is 1. The number of amides is 1. The van der Waals surface area contributed by atoms with Gasteiger partial charge >= 0.3 is 0 Å². The molecule has 1 heterocycles. The first-order chi connectivity index (χ1) is 7.69. The van der Waals surface area contributed by atoms with Crippen molar-refractivity contribution in [2.24, 2.45) is 0 Å². The molecular weight excluding hydrogens is 204 g/mol. The summed E-state index contributed by atoms with van der Waals surface area (Å²) in [6.45, 7) is 2.37. The highest BCUT2D eigenvalue weighted by Gasteiger charge is 2.10. The summed E-state index contributed by atoms with van der Waals surface area (Å²) in [5, 5.41) is 8.52. The van der Waals surface area contributed by atoms with Crippen molar-refractivity contribution in [2.45, 2.75) is 6.92 Å². The fourth-order valence-corrected chi connectivity index (χ4v) is 1.08. The zero-order valence-corrected chi connectivity index (χ0v) is 9.40. The topological polar surface area (TPSA) is 53.4 Å². The molecule has 1 aromatic rings. The van der Waals surface area contributed by atoms with E-state index in [-0.39, 0.29) is 12.5 Å². The lowest BCUT2D eigenvalue weighted by molar-refractivity contribution is 0.0796. The summed E-state index contributed by atoms with van der Waals surface area (Å²) in [6.07, 6.45) is 1.53. The first-order valence-corrected chi connectivity index (χ1v) is 5.00. The van der Waals surface area contributed by atoms with Crippen LogP contribution in [0.3, 0.4) is 0 Å². The number of nitrogens with zero attached hydrogens (tertiary/aromatic N) is 2. The highest BCUT2D eigenvalue weighted by atomic mass is 16.2. The van der Waals surface area contributed by atoms with Gasteiger partial charge in [0, 0.05) is 25.4 Å². The third kappa shape index (κ3) is 3.07. The molecular formula is C12H14N2O2. The molecule has 4 heteroatoms. The molecule has 0 radical (unpaired) electrons. The van der Waals surface area contributed by atoms with Crippen molar-refractivity contribution >= 4 is 5.91 Å². The molecule has 0 aliphatic carbocycles. The van der Waals surface area contributed by atoms with Crippen LogP contribution in [0.2, 0.25) is 0 Å². The van der Waals surface area contributed by atoms with Crippen molar-refractivity contribution in [1.82, 2.24) is 9.88 Å². The molecule has 0 aromatic carbocycles. The summed E-state index contributed by atoms with van der Waals surface area (Å²) >= 11 is 0. The molecule has 1 rings (SSSR count). The molecule has 0 saturated carbocycles. The second-order valence-corrected chi connectivity index (χ2v) is 3.21. The Labute approximate surface area is 94.9 Å². The molecule has 1 aromatic heterocycles. The van der Waals surface area contributed by atoms with Crippen LogP contribution in [0.5, 0.6) is 0 Å². The molecule has 0 spiro atoms. The number of aliphatic hydroxyl groups is 1. The first-order valence-electron chi connectivity index (χ1n) is 5.00. The zero-order chi connectivity index (χ0) is 12.0. The average molecular weight is 218 g/mol. The minimum Gasteiger partial charge on any atom is -0.384 e. The lowest BCUT2D eigenvalue weighted by atomic mass is 10.2. The van der Waals surface area contributed by atoms with Gasteiger partial charge in [0.25, 0.3) is 5.91 Å². The van der Waals surface area contributed by atoms with Gasteiger partial charge in [-0.05, 0) is 19.1 Å². The SMILES string of the molecule is CCN(C)C(=O)c1ccc(C#CCO)cn1. The van der Waals surface area contributed by atoms with Crippen LogP contribution in [0.4, 0.5) is 0 Å². The molecule has 0 aliphatic rings. The van der Waals surface area contributed by atoms with Gasteiger partial charge in [-0.2, -0.15) is 0 Å². The summed E-state index contributed by atoms with van der Waals surface area (Å²) < 4.78 is 0. The van der Waals surface area contributed by atoms with Gasteiger partial charge in [0.1, 0.15) is 12.3 Å². The Kier molecular flexibility index (Phi) is 4.49. The van der Waals surface area contributed by atoms with Crippen LogP contribution in [0.1, 0.15) is 23.0 Å². The summed E-state index contributed by atoms with van der Waals surface area (Å²) in [4.78, 5) is 17.3. The van der Waals surface area contributed by atoms with E-state index in [4.69, 9.17) is 5.11 Å². The van der Waals surface area contributed by atoms with Crippen LogP contribution < -0.4 is 0 Å². The smallest absolute Gasteiger partial charge is 0.272 e. The maximum atomic E-state index is 11.7. The zero-order valence-electron chi connectivity index (χ0n) is 9.40. The third-order valence-electron chi connectivity index (χ3n) is 2.12. The number of aromatic nitrogens is 1. The highest BCUT2D eigenvalue weighted by molar-refractivity contribution is 5.92. The number of rotatable bonds is 2. The van der Waals surface area contributed by atoms with Crippen LogP contribution in [0, 0.1) is 11.8 Å². The van der Waals surface area contributed by atoms with E-state index in [0.717, 1.165) is 0 Å². The molecule has 0 fully saturated rings. The monoisotopic (exact) mass is 218 g/mol. The molecule has 0 atom stereocenters. The van der Waals surface area contributed by atoms with Crippen molar-refractivity contribution in [3.05, 3.63) is 29.6 Å². The second-order valence-electron chi connectivity index (χ2n) is 3.21. The van der Waals surface area contributed by atoms with Crippen LogP contribution in [0.25, 0.3) is 0 Å². The maximum absolute atomic E-state index is 11.7. The van der Waals surface area contributed by atoms with E-state index < -0.39 is 0 Å². The Bertz CT molecular complexity index is 415. The van der Waals surface area contributed by atoms with E-state index in [1.54, 1.807) is 24.1 Å². The second kappa shape index (κ2) is 5.89. The van der Waals surface area contributed by atoms with Gasteiger partial charge in [-0.15, -0.1) is 0 Å². The fraction of sp³-hybridized carbons (Fsp3) is 0.333. The summed E-state index contributed by atoms with van der Waals surface area (Å²) in [5.41, 5.74) is 1.09. The van der Waals surface area contributed by atoms with E-state index in [2.05, 4.69) is 16.8 Å². The summed E-state index contributed by atoms with van der Waals surface area (Å²) in [5.74, 6) is 5.13. The largest absolute Gasteiger partial charge is 0.384 e. The Morgan fingerprint density at radius 2 is 2.31 bits per heavy atom. The first kappa shape index (κ1) is 12.2. The van der Waals surface area contributed by atoms with E-state index >= 15 is 0 Å². The normalized spacial score (nSPS) is 9.19. The maximum Gasteiger partial charge on any atom is 0.272 e. The molecule has 84 valence electrons. The fourth-order valence-electron chi connectivity index (χ4n) is 1.08. The van der Waals surface area contributed by atoms with Crippen LogP contribution in [0.15, 0.2) is 18.3 Å². The van der Waals surface area contributed by atoms with Crippen molar-refractivity contribution < 1.29 is 9.90 Å². The molecule has 4 nitrogen and oxygen atoms in total. The third-order valence-corrected chi connectivity index (χ3v) is 2.12. The molecule has 0 saturated heterocycles. The van der Waals surface area contributed by atoms with Gasteiger partial charge in [0.2, 0.25) is 0 Å². The minimum absolute atomic E-state index is 0.107. The van der Waals surface area contributed by atoms with Crippen LogP contribution in [-0.2, 0) is 0 Å². The number of carbonyl (C=O) groups excluding carboxylic acids is 1. The van der Waals surface area contributed by atoms with Gasteiger partial charge in [0.05, 0.1) is 0 Å². The number of aliphatic hydroxyl groups excluding tert-OH is 1. The van der Waals surface area contributed by atoms with Crippen LogP contribution >= 0.6 is 0 Å². The molecule has 16 heavy (non-hydrogen) atoms. The Morgan fingerprint density at radius 3 is 2.81 bits per heavy atom. The van der Waals surface area contributed by atoms with Gasteiger partial charge in [0.15, 0.2) is 0 Å². The minimum atomic E-state index is -0.181. The number of hydrogen-bond acceptors (Lipinski definition) is 3. The van der Waals surface area contributed by atoms with Gasteiger partial charge in [-0.1, -0.05) is 11.8 Å². The van der Waals surface area contributed by atoms with Crippen molar-refractivity contribution in [3.63, 3.8) is 0 Å². The predicted molar refractivity (Wildman–Crippen MR) is 60.8 cm³/mol. The summed E-state index contributed by atoms with van der Waals surface area (Å²) in [6, 6.07) is 3.35. The molecule has 0 bridgehead atoms. The quantitative estimate of drug-likeness (QED) is 0.736. The Hall–Kier alpha value is -1.86. The van der Waals surface area contributed by atoms with Crippen molar-refractivity contribution in [2.75, 3.05) is 20.2 Å². The van der Waals surface area contributed by atoms with Crippen LogP contribution in [-0.4, -0.2) is 41.1 Å². The highest BCUT2D eigenvalue weighted by Crippen LogP contribution is 2.02. The molecule has 1 N–H and O–H groups in total.